The van der Waals surface area contributed by atoms with Crippen molar-refractivity contribution < 1.29 is 9.18 Å². The van der Waals surface area contributed by atoms with Gasteiger partial charge in [-0.1, -0.05) is 41.6 Å². The molecule has 0 aliphatic carbocycles. The van der Waals surface area contributed by atoms with Gasteiger partial charge in [0.1, 0.15) is 10.8 Å². The fraction of sp³-hybridized carbons (Fsp3) is 0. The minimum absolute atomic E-state index is 0.143. The molecule has 3 rings (SSSR count). The summed E-state index contributed by atoms with van der Waals surface area (Å²) in [4.78, 5) is 17.8. The summed E-state index contributed by atoms with van der Waals surface area (Å²) in [5, 5.41) is 3.41. The highest BCUT2D eigenvalue weighted by molar-refractivity contribution is 7.99. The normalized spacial score (nSPS) is 10.4. The van der Waals surface area contributed by atoms with E-state index in [-0.39, 0.29) is 10.9 Å². The number of anilines is 1. The van der Waals surface area contributed by atoms with Crippen LogP contribution >= 0.6 is 23.4 Å². The van der Waals surface area contributed by atoms with Crippen LogP contribution < -0.4 is 5.32 Å². The van der Waals surface area contributed by atoms with Gasteiger partial charge < -0.3 is 5.32 Å². The Hall–Kier alpha value is -2.37. The zero-order valence-corrected chi connectivity index (χ0v) is 13.9. The molecule has 6 heteroatoms. The first-order valence-electron chi connectivity index (χ1n) is 7.08. The van der Waals surface area contributed by atoms with E-state index in [1.807, 2.05) is 30.3 Å². The Morgan fingerprint density at radius 3 is 2.62 bits per heavy atom. The molecule has 24 heavy (non-hydrogen) atoms. The number of benzene rings is 2. The van der Waals surface area contributed by atoms with Gasteiger partial charge in [-0.3, -0.25) is 4.79 Å². The Labute approximate surface area is 147 Å². The molecule has 0 spiro atoms. The second-order valence-electron chi connectivity index (χ2n) is 4.85. The number of amides is 1. The third-order valence-electron chi connectivity index (χ3n) is 3.15. The van der Waals surface area contributed by atoms with Crippen LogP contribution in [0.15, 0.2) is 76.8 Å². The first-order valence-corrected chi connectivity index (χ1v) is 8.27. The Bertz CT molecular complexity index is 874. The summed E-state index contributed by atoms with van der Waals surface area (Å²) in [7, 11) is 0. The van der Waals surface area contributed by atoms with E-state index in [4.69, 9.17) is 11.6 Å². The predicted octanol–water partition coefficient (Wildman–Crippen LogP) is 5.28. The number of rotatable bonds is 4. The maximum atomic E-state index is 13.1. The standard InChI is InChI=1S/C18H12ClFN2OS/c19-15-11-12(20)8-9-16(15)22-17(23)14-7-4-10-21-18(14)24-13-5-2-1-3-6-13/h1-11H,(H,22,23). The molecule has 1 heterocycles. The topological polar surface area (TPSA) is 42.0 Å². The van der Waals surface area contributed by atoms with E-state index in [2.05, 4.69) is 10.3 Å². The Morgan fingerprint density at radius 2 is 1.88 bits per heavy atom. The Balaban J connectivity index is 1.85. The summed E-state index contributed by atoms with van der Waals surface area (Å²) in [5.74, 6) is -0.810. The highest BCUT2D eigenvalue weighted by Gasteiger charge is 2.15. The van der Waals surface area contributed by atoms with Crippen LogP contribution in [0, 0.1) is 5.82 Å². The van der Waals surface area contributed by atoms with Gasteiger partial charge in [0, 0.05) is 11.1 Å². The van der Waals surface area contributed by atoms with E-state index >= 15 is 0 Å². The van der Waals surface area contributed by atoms with E-state index < -0.39 is 5.82 Å². The van der Waals surface area contributed by atoms with Crippen molar-refractivity contribution in [2.24, 2.45) is 0 Å². The Morgan fingerprint density at radius 1 is 1.08 bits per heavy atom. The van der Waals surface area contributed by atoms with E-state index in [0.29, 0.717) is 16.3 Å². The van der Waals surface area contributed by atoms with Gasteiger partial charge in [-0.25, -0.2) is 9.37 Å². The van der Waals surface area contributed by atoms with Crippen molar-refractivity contribution in [1.82, 2.24) is 4.98 Å². The third-order valence-corrected chi connectivity index (χ3v) is 4.49. The van der Waals surface area contributed by atoms with E-state index in [9.17, 15) is 9.18 Å². The lowest BCUT2D eigenvalue weighted by Gasteiger charge is -2.10. The molecular weight excluding hydrogens is 347 g/mol. The molecule has 0 aliphatic rings. The molecule has 0 unspecified atom stereocenters. The molecule has 0 bridgehead atoms. The van der Waals surface area contributed by atoms with Gasteiger partial charge >= 0.3 is 0 Å². The molecular formula is C18H12ClFN2OS. The van der Waals surface area contributed by atoms with Gasteiger partial charge in [-0.2, -0.15) is 0 Å². The number of aromatic nitrogens is 1. The molecule has 0 saturated carbocycles. The molecule has 0 saturated heterocycles. The van der Waals surface area contributed by atoms with Crippen molar-refractivity contribution in [2.75, 3.05) is 5.32 Å². The molecule has 1 N–H and O–H groups in total. The first-order chi connectivity index (χ1) is 11.6. The fourth-order valence-electron chi connectivity index (χ4n) is 2.03. The quantitative estimate of drug-likeness (QED) is 0.690. The summed E-state index contributed by atoms with van der Waals surface area (Å²) in [6.45, 7) is 0. The lowest BCUT2D eigenvalue weighted by Crippen LogP contribution is -2.14. The van der Waals surface area contributed by atoms with Crippen molar-refractivity contribution in [3.05, 3.63) is 83.3 Å². The van der Waals surface area contributed by atoms with Crippen molar-refractivity contribution >= 4 is 35.0 Å². The van der Waals surface area contributed by atoms with Crippen LogP contribution in [0.25, 0.3) is 0 Å². The minimum atomic E-state index is -0.459. The number of nitrogens with one attached hydrogen (secondary N) is 1. The molecule has 120 valence electrons. The van der Waals surface area contributed by atoms with Crippen LogP contribution in [0.3, 0.4) is 0 Å². The summed E-state index contributed by atoms with van der Waals surface area (Å²) in [6.07, 6.45) is 1.63. The zero-order valence-electron chi connectivity index (χ0n) is 12.4. The minimum Gasteiger partial charge on any atom is -0.321 e. The van der Waals surface area contributed by atoms with Gasteiger partial charge in [0.25, 0.3) is 5.91 Å². The SMILES string of the molecule is O=C(Nc1ccc(F)cc1Cl)c1cccnc1Sc1ccccc1. The Kier molecular flexibility index (Phi) is 5.13. The first kappa shape index (κ1) is 16.5. The van der Waals surface area contributed by atoms with E-state index in [0.717, 1.165) is 11.0 Å². The smallest absolute Gasteiger partial charge is 0.258 e. The number of pyridine rings is 1. The molecule has 2 aromatic carbocycles. The molecule has 0 radical (unpaired) electrons. The number of nitrogens with zero attached hydrogens (tertiary/aromatic N) is 1. The van der Waals surface area contributed by atoms with Crippen molar-refractivity contribution in [3.63, 3.8) is 0 Å². The lowest BCUT2D eigenvalue weighted by atomic mass is 10.2. The van der Waals surface area contributed by atoms with Crippen LogP contribution in [-0.2, 0) is 0 Å². The summed E-state index contributed by atoms with van der Waals surface area (Å²) in [5.41, 5.74) is 0.773. The van der Waals surface area contributed by atoms with Gasteiger partial charge in [-0.05, 0) is 42.5 Å². The summed E-state index contributed by atoms with van der Waals surface area (Å²) >= 11 is 7.35. The zero-order chi connectivity index (χ0) is 16.9. The molecule has 3 aromatic rings. The molecule has 3 nitrogen and oxygen atoms in total. The summed E-state index contributed by atoms with van der Waals surface area (Å²) in [6, 6.07) is 16.8. The highest BCUT2D eigenvalue weighted by atomic mass is 35.5. The van der Waals surface area contributed by atoms with Crippen LogP contribution in [0.1, 0.15) is 10.4 Å². The number of hydrogen-bond acceptors (Lipinski definition) is 3. The van der Waals surface area contributed by atoms with Gasteiger partial charge in [0.15, 0.2) is 0 Å². The van der Waals surface area contributed by atoms with E-state index in [1.54, 1.807) is 18.3 Å². The average Bonchev–Trinajstić information content (AvgIpc) is 2.59. The maximum absolute atomic E-state index is 13.1. The van der Waals surface area contributed by atoms with Crippen LogP contribution in [0.5, 0.6) is 0 Å². The number of carbonyl (C=O) groups excluding carboxylic acids is 1. The molecule has 0 fully saturated rings. The number of carbonyl (C=O) groups is 1. The number of halogens is 2. The van der Waals surface area contributed by atoms with Crippen molar-refractivity contribution in [2.45, 2.75) is 9.92 Å². The second kappa shape index (κ2) is 7.47. The highest BCUT2D eigenvalue weighted by Crippen LogP contribution is 2.29. The van der Waals surface area contributed by atoms with Gasteiger partial charge in [0.05, 0.1) is 16.3 Å². The van der Waals surface area contributed by atoms with Crippen LogP contribution in [0.2, 0.25) is 5.02 Å². The average molecular weight is 359 g/mol. The second-order valence-corrected chi connectivity index (χ2v) is 6.32. The lowest BCUT2D eigenvalue weighted by molar-refractivity contribution is 0.102. The molecule has 0 aliphatic heterocycles. The van der Waals surface area contributed by atoms with E-state index in [1.165, 1.54) is 23.9 Å². The van der Waals surface area contributed by atoms with Crippen LogP contribution in [-0.4, -0.2) is 10.9 Å². The largest absolute Gasteiger partial charge is 0.321 e. The summed E-state index contributed by atoms with van der Waals surface area (Å²) < 4.78 is 13.1. The molecule has 1 amide bonds. The number of hydrogen-bond donors (Lipinski definition) is 1. The van der Waals surface area contributed by atoms with Crippen LogP contribution in [0.4, 0.5) is 10.1 Å². The van der Waals surface area contributed by atoms with Gasteiger partial charge in [-0.15, -0.1) is 0 Å². The van der Waals surface area contributed by atoms with Crippen molar-refractivity contribution in [3.8, 4) is 0 Å². The molecule has 0 atom stereocenters. The van der Waals surface area contributed by atoms with Crippen molar-refractivity contribution in [1.29, 1.82) is 0 Å². The predicted molar refractivity (Wildman–Crippen MR) is 94.2 cm³/mol. The third kappa shape index (κ3) is 3.93. The monoisotopic (exact) mass is 358 g/mol. The maximum Gasteiger partial charge on any atom is 0.258 e. The molecule has 1 aromatic heterocycles. The van der Waals surface area contributed by atoms with Gasteiger partial charge in [0.2, 0.25) is 0 Å². The fourth-order valence-corrected chi connectivity index (χ4v) is 3.14.